The van der Waals surface area contributed by atoms with E-state index in [-0.39, 0.29) is 11.4 Å². The number of fused-ring (bicyclic) bond motifs is 1. The van der Waals surface area contributed by atoms with Gasteiger partial charge in [-0.25, -0.2) is 8.42 Å². The second kappa shape index (κ2) is 6.85. The molecule has 138 valence electrons. The van der Waals surface area contributed by atoms with Crippen LogP contribution in [0.15, 0.2) is 41.3 Å². The van der Waals surface area contributed by atoms with E-state index in [9.17, 15) is 13.2 Å². The molecule has 0 aromatic heterocycles. The lowest BCUT2D eigenvalue weighted by molar-refractivity contribution is -0.145. The molecule has 6 heteroatoms. The van der Waals surface area contributed by atoms with Crippen molar-refractivity contribution in [1.29, 1.82) is 0 Å². The highest BCUT2D eigenvalue weighted by Gasteiger charge is 2.41. The first-order chi connectivity index (χ1) is 12.3. The number of ether oxygens (including phenoxy) is 1. The Labute approximate surface area is 154 Å². The third-order valence-corrected chi connectivity index (χ3v) is 7.01. The Hall–Kier alpha value is -2.18. The predicted octanol–water partition coefficient (Wildman–Crippen LogP) is 2.90. The molecule has 0 bridgehead atoms. The number of benzene rings is 2. The molecule has 0 radical (unpaired) electrons. The highest BCUT2D eigenvalue weighted by atomic mass is 32.2. The van der Waals surface area contributed by atoms with Gasteiger partial charge in [0.15, 0.2) is 0 Å². The molecule has 1 aliphatic heterocycles. The summed E-state index contributed by atoms with van der Waals surface area (Å²) in [5, 5.41) is 0. The minimum Gasteiger partial charge on any atom is -0.468 e. The molecule has 1 unspecified atom stereocenters. The van der Waals surface area contributed by atoms with Crippen molar-refractivity contribution in [1.82, 2.24) is 4.31 Å². The third kappa shape index (κ3) is 3.15. The van der Waals surface area contributed by atoms with E-state index in [1.165, 1.54) is 11.4 Å². The average Bonchev–Trinajstić information content (AvgIpc) is 2.58. The van der Waals surface area contributed by atoms with Crippen LogP contribution >= 0.6 is 0 Å². The number of carbonyl (C=O) groups excluding carboxylic acids is 1. The fourth-order valence-electron chi connectivity index (χ4n) is 3.78. The number of hydrogen-bond donors (Lipinski definition) is 0. The van der Waals surface area contributed by atoms with Crippen LogP contribution in [0.5, 0.6) is 0 Å². The van der Waals surface area contributed by atoms with Crippen LogP contribution in [-0.4, -0.2) is 31.8 Å². The molecule has 0 spiro atoms. The van der Waals surface area contributed by atoms with Crippen LogP contribution < -0.4 is 0 Å². The molecule has 2 aromatic carbocycles. The van der Waals surface area contributed by atoms with Gasteiger partial charge in [-0.15, -0.1) is 0 Å². The van der Waals surface area contributed by atoms with Gasteiger partial charge >= 0.3 is 5.97 Å². The zero-order chi connectivity index (χ0) is 19.1. The summed E-state index contributed by atoms with van der Waals surface area (Å²) in [6.07, 6.45) is 0.312. The van der Waals surface area contributed by atoms with Crippen LogP contribution in [0.2, 0.25) is 0 Å². The van der Waals surface area contributed by atoms with Crippen LogP contribution in [-0.2, 0) is 32.5 Å². The van der Waals surface area contributed by atoms with Gasteiger partial charge in [0.1, 0.15) is 6.04 Å². The predicted molar refractivity (Wildman–Crippen MR) is 99.3 cm³/mol. The Morgan fingerprint density at radius 3 is 2.23 bits per heavy atom. The zero-order valence-electron chi connectivity index (χ0n) is 15.4. The van der Waals surface area contributed by atoms with Crippen molar-refractivity contribution in [3.63, 3.8) is 0 Å². The number of sulfonamides is 1. The largest absolute Gasteiger partial charge is 0.468 e. The van der Waals surface area contributed by atoms with Gasteiger partial charge < -0.3 is 4.74 Å². The van der Waals surface area contributed by atoms with Crippen LogP contribution in [0, 0.1) is 20.8 Å². The Bertz CT molecular complexity index is 943. The van der Waals surface area contributed by atoms with E-state index in [1.54, 1.807) is 13.8 Å². The first kappa shape index (κ1) is 18.6. The number of nitrogens with zero attached hydrogens (tertiary/aromatic N) is 1. The molecular weight excluding hydrogens is 350 g/mol. The quantitative estimate of drug-likeness (QED) is 0.776. The molecule has 1 heterocycles. The molecular formula is C20H23NO4S. The van der Waals surface area contributed by atoms with E-state index in [0.717, 1.165) is 16.7 Å². The maximum Gasteiger partial charge on any atom is 0.324 e. The van der Waals surface area contributed by atoms with Crippen LogP contribution in [0.3, 0.4) is 0 Å². The summed E-state index contributed by atoms with van der Waals surface area (Å²) in [4.78, 5) is 12.6. The average molecular weight is 373 g/mol. The maximum absolute atomic E-state index is 13.5. The van der Waals surface area contributed by atoms with E-state index in [2.05, 4.69) is 0 Å². The molecule has 0 amide bonds. The van der Waals surface area contributed by atoms with Crippen LogP contribution in [0.4, 0.5) is 0 Å². The molecule has 1 atom stereocenters. The lowest BCUT2D eigenvalue weighted by Gasteiger charge is -2.34. The Balaban J connectivity index is 2.14. The molecule has 0 saturated heterocycles. The lowest BCUT2D eigenvalue weighted by atomic mass is 9.96. The van der Waals surface area contributed by atoms with Crippen molar-refractivity contribution < 1.29 is 17.9 Å². The summed E-state index contributed by atoms with van der Waals surface area (Å²) in [5.74, 6) is -0.537. The molecule has 0 fully saturated rings. The molecule has 0 saturated carbocycles. The van der Waals surface area contributed by atoms with E-state index < -0.39 is 22.0 Å². The molecule has 5 nitrogen and oxygen atoms in total. The number of esters is 1. The minimum atomic E-state index is -3.85. The number of rotatable bonds is 3. The fraction of sp³-hybridized carbons (Fsp3) is 0.350. The van der Waals surface area contributed by atoms with E-state index in [0.29, 0.717) is 17.5 Å². The van der Waals surface area contributed by atoms with Gasteiger partial charge in [0.25, 0.3) is 0 Å². The normalized spacial score (nSPS) is 17.6. The first-order valence-electron chi connectivity index (χ1n) is 8.50. The summed E-state index contributed by atoms with van der Waals surface area (Å²) in [6, 6.07) is 10.4. The molecule has 1 aliphatic rings. The Morgan fingerprint density at radius 2 is 1.65 bits per heavy atom. The number of carbonyl (C=O) groups is 1. The molecule has 3 rings (SSSR count). The van der Waals surface area contributed by atoms with Gasteiger partial charge in [0, 0.05) is 13.0 Å². The van der Waals surface area contributed by atoms with Gasteiger partial charge in [-0.3, -0.25) is 4.79 Å². The fourth-order valence-corrected chi connectivity index (χ4v) is 5.75. The topological polar surface area (TPSA) is 63.7 Å². The smallest absolute Gasteiger partial charge is 0.324 e. The van der Waals surface area contributed by atoms with Gasteiger partial charge in [0.05, 0.1) is 12.0 Å². The Morgan fingerprint density at radius 1 is 1.08 bits per heavy atom. The van der Waals surface area contributed by atoms with E-state index in [1.807, 2.05) is 43.3 Å². The van der Waals surface area contributed by atoms with Crippen LogP contribution in [0.1, 0.15) is 27.8 Å². The minimum absolute atomic E-state index is 0.158. The van der Waals surface area contributed by atoms with Crippen molar-refractivity contribution >= 4 is 16.0 Å². The van der Waals surface area contributed by atoms with Gasteiger partial charge in [-0.2, -0.15) is 4.31 Å². The van der Waals surface area contributed by atoms with E-state index >= 15 is 0 Å². The summed E-state index contributed by atoms with van der Waals surface area (Å²) >= 11 is 0. The lowest BCUT2D eigenvalue weighted by Crippen LogP contribution is -2.49. The second-order valence-electron chi connectivity index (χ2n) is 6.79. The molecule has 0 N–H and O–H groups in total. The van der Waals surface area contributed by atoms with Gasteiger partial charge in [0.2, 0.25) is 10.0 Å². The zero-order valence-corrected chi connectivity index (χ0v) is 16.3. The van der Waals surface area contributed by atoms with Crippen molar-refractivity contribution in [3.8, 4) is 0 Å². The SMILES string of the molecule is COC(=O)C1Cc2ccccc2CN1S(=O)(=O)c1c(C)cc(C)cc1C. The van der Waals surface area contributed by atoms with Crippen molar-refractivity contribution in [2.75, 3.05) is 7.11 Å². The monoisotopic (exact) mass is 373 g/mol. The molecule has 2 aromatic rings. The van der Waals surface area contributed by atoms with E-state index in [4.69, 9.17) is 4.74 Å². The van der Waals surface area contributed by atoms with Crippen molar-refractivity contribution in [2.24, 2.45) is 0 Å². The number of hydrogen-bond acceptors (Lipinski definition) is 4. The summed E-state index contributed by atoms with van der Waals surface area (Å²) in [5.41, 5.74) is 4.27. The highest BCUT2D eigenvalue weighted by molar-refractivity contribution is 7.89. The van der Waals surface area contributed by atoms with Crippen molar-refractivity contribution in [3.05, 3.63) is 64.2 Å². The van der Waals surface area contributed by atoms with Crippen LogP contribution in [0.25, 0.3) is 0 Å². The second-order valence-corrected chi connectivity index (χ2v) is 8.62. The first-order valence-corrected chi connectivity index (χ1v) is 9.94. The standard InChI is InChI=1S/C20H23NO4S/c1-13-9-14(2)19(15(3)10-13)26(23,24)21-12-17-8-6-5-7-16(17)11-18(21)20(22)25-4/h5-10,18H,11-12H2,1-4H3. The maximum atomic E-state index is 13.5. The number of aryl methyl sites for hydroxylation is 3. The molecule has 26 heavy (non-hydrogen) atoms. The van der Waals surface area contributed by atoms with Gasteiger partial charge in [-0.1, -0.05) is 42.0 Å². The third-order valence-electron chi connectivity index (χ3n) is 4.85. The highest BCUT2D eigenvalue weighted by Crippen LogP contribution is 2.32. The summed E-state index contributed by atoms with van der Waals surface area (Å²) in [7, 11) is -2.57. The van der Waals surface area contributed by atoms with Crippen molar-refractivity contribution in [2.45, 2.75) is 44.7 Å². The Kier molecular flexibility index (Phi) is 4.90. The number of methoxy groups -OCH3 is 1. The van der Waals surface area contributed by atoms with Gasteiger partial charge in [-0.05, 0) is 43.0 Å². The molecule has 0 aliphatic carbocycles. The summed E-state index contributed by atoms with van der Waals surface area (Å²) in [6.45, 7) is 5.67. The summed E-state index contributed by atoms with van der Waals surface area (Å²) < 4.78 is 33.2.